The lowest BCUT2D eigenvalue weighted by Gasteiger charge is -2.29. The van der Waals surface area contributed by atoms with Gasteiger partial charge in [-0.25, -0.2) is 0 Å². The summed E-state index contributed by atoms with van der Waals surface area (Å²) in [5, 5.41) is 2.26. The van der Waals surface area contributed by atoms with E-state index in [0.29, 0.717) is 29.5 Å². The number of imide groups is 1. The molecule has 148 valence electrons. The zero-order chi connectivity index (χ0) is 20.4. The predicted octanol–water partition coefficient (Wildman–Crippen LogP) is -0.328. The second kappa shape index (κ2) is 7.79. The van der Waals surface area contributed by atoms with Crippen molar-refractivity contribution in [3.63, 3.8) is 0 Å². The highest BCUT2D eigenvalue weighted by atomic mass is 16.2. The van der Waals surface area contributed by atoms with Crippen LogP contribution in [0.2, 0.25) is 0 Å². The topological polar surface area (TPSA) is 153 Å². The Hall–Kier alpha value is -3.23. The standard InChI is InChI=1S/C19H22N4O5/c20-15(24)6-2-4-11(17(21)26)10-3-1-5-12-13(10)9-23(19(12)28)14-7-8-16(25)22-18(14)27/h1,3,5,11,14H,2,4,6-9H2,(H2,20,24)(H2,21,26)(H,22,25,27). The van der Waals surface area contributed by atoms with E-state index >= 15 is 0 Å². The van der Waals surface area contributed by atoms with Crippen molar-refractivity contribution in [3.8, 4) is 0 Å². The van der Waals surface area contributed by atoms with Gasteiger partial charge in [0.25, 0.3) is 5.91 Å². The van der Waals surface area contributed by atoms with Gasteiger partial charge in [-0.05, 0) is 36.5 Å². The van der Waals surface area contributed by atoms with Crippen LogP contribution in [0.1, 0.15) is 59.5 Å². The molecule has 0 aliphatic carbocycles. The molecule has 2 unspecified atom stereocenters. The van der Waals surface area contributed by atoms with Crippen molar-refractivity contribution in [1.82, 2.24) is 10.2 Å². The maximum Gasteiger partial charge on any atom is 0.255 e. The summed E-state index contributed by atoms with van der Waals surface area (Å²) in [7, 11) is 0. The summed E-state index contributed by atoms with van der Waals surface area (Å²) in [4.78, 5) is 60.9. The van der Waals surface area contributed by atoms with Crippen LogP contribution in [-0.4, -0.2) is 40.5 Å². The minimum Gasteiger partial charge on any atom is -0.370 e. The highest BCUT2D eigenvalue weighted by Crippen LogP contribution is 2.34. The van der Waals surface area contributed by atoms with Gasteiger partial charge in [0.2, 0.25) is 23.6 Å². The number of piperidine rings is 1. The van der Waals surface area contributed by atoms with Gasteiger partial charge in [0, 0.05) is 24.9 Å². The monoisotopic (exact) mass is 386 g/mol. The first-order chi connectivity index (χ1) is 13.3. The number of hydrogen-bond acceptors (Lipinski definition) is 5. The lowest BCUT2D eigenvalue weighted by molar-refractivity contribution is -0.137. The summed E-state index contributed by atoms with van der Waals surface area (Å²) >= 11 is 0. The molecule has 1 saturated heterocycles. The Kier molecular flexibility index (Phi) is 5.43. The number of amides is 5. The van der Waals surface area contributed by atoms with Crippen LogP contribution < -0.4 is 16.8 Å². The molecule has 0 radical (unpaired) electrons. The Balaban J connectivity index is 1.86. The summed E-state index contributed by atoms with van der Waals surface area (Å²) in [6.45, 7) is 0.163. The van der Waals surface area contributed by atoms with E-state index in [1.807, 2.05) is 0 Å². The van der Waals surface area contributed by atoms with Crippen LogP contribution in [0.15, 0.2) is 18.2 Å². The third kappa shape index (κ3) is 3.73. The van der Waals surface area contributed by atoms with Crippen molar-refractivity contribution in [1.29, 1.82) is 0 Å². The Bertz CT molecular complexity index is 866. The van der Waals surface area contributed by atoms with E-state index in [2.05, 4.69) is 5.32 Å². The van der Waals surface area contributed by atoms with Crippen molar-refractivity contribution in [2.45, 2.75) is 50.6 Å². The summed E-state index contributed by atoms with van der Waals surface area (Å²) in [6, 6.07) is 4.32. The quantitative estimate of drug-likeness (QED) is 0.548. The van der Waals surface area contributed by atoms with Crippen molar-refractivity contribution in [2.75, 3.05) is 0 Å². The second-order valence-electron chi connectivity index (χ2n) is 7.09. The third-order valence-electron chi connectivity index (χ3n) is 5.25. The summed E-state index contributed by atoms with van der Waals surface area (Å²) in [6.07, 6.45) is 1.30. The molecule has 0 saturated carbocycles. The van der Waals surface area contributed by atoms with Gasteiger partial charge in [0.1, 0.15) is 6.04 Å². The molecule has 0 spiro atoms. The molecule has 5 N–H and O–H groups in total. The Morgan fingerprint density at radius 3 is 2.61 bits per heavy atom. The van der Waals surface area contributed by atoms with Gasteiger partial charge in [0.15, 0.2) is 0 Å². The molecule has 1 fully saturated rings. The van der Waals surface area contributed by atoms with E-state index in [4.69, 9.17) is 11.5 Å². The molecule has 0 aromatic heterocycles. The molecular formula is C19H22N4O5. The first kappa shape index (κ1) is 19.5. The molecular weight excluding hydrogens is 364 g/mol. The number of carbonyl (C=O) groups excluding carboxylic acids is 5. The molecule has 3 rings (SSSR count). The minimum absolute atomic E-state index is 0.139. The number of primary amides is 2. The van der Waals surface area contributed by atoms with Gasteiger partial charge in [-0.2, -0.15) is 0 Å². The Labute approximate surface area is 161 Å². The van der Waals surface area contributed by atoms with Gasteiger partial charge in [-0.15, -0.1) is 0 Å². The molecule has 9 heteroatoms. The van der Waals surface area contributed by atoms with Crippen LogP contribution in [0.25, 0.3) is 0 Å². The average Bonchev–Trinajstić information content (AvgIpc) is 2.95. The zero-order valence-electron chi connectivity index (χ0n) is 15.3. The van der Waals surface area contributed by atoms with Crippen molar-refractivity contribution < 1.29 is 24.0 Å². The number of rotatable bonds is 7. The van der Waals surface area contributed by atoms with E-state index < -0.39 is 29.7 Å². The van der Waals surface area contributed by atoms with Crippen molar-refractivity contribution >= 4 is 29.5 Å². The molecule has 2 atom stereocenters. The van der Waals surface area contributed by atoms with Crippen LogP contribution in [-0.2, 0) is 25.7 Å². The zero-order valence-corrected chi connectivity index (χ0v) is 15.3. The fraction of sp³-hybridized carbons (Fsp3) is 0.421. The maximum atomic E-state index is 12.9. The second-order valence-corrected chi connectivity index (χ2v) is 7.09. The number of hydrogen-bond donors (Lipinski definition) is 3. The first-order valence-electron chi connectivity index (χ1n) is 9.13. The fourth-order valence-corrected chi connectivity index (χ4v) is 3.87. The summed E-state index contributed by atoms with van der Waals surface area (Å²) < 4.78 is 0. The number of fused-ring (bicyclic) bond motifs is 1. The van der Waals surface area contributed by atoms with E-state index in [1.54, 1.807) is 18.2 Å². The lowest BCUT2D eigenvalue weighted by Crippen LogP contribution is -2.52. The van der Waals surface area contributed by atoms with E-state index in [0.717, 1.165) is 0 Å². The van der Waals surface area contributed by atoms with Crippen LogP contribution in [0, 0.1) is 0 Å². The summed E-state index contributed by atoms with van der Waals surface area (Å²) in [5.74, 6) is -2.83. The molecule has 1 aromatic rings. The predicted molar refractivity (Wildman–Crippen MR) is 97.5 cm³/mol. The molecule has 0 bridgehead atoms. The van der Waals surface area contributed by atoms with Crippen LogP contribution in [0.4, 0.5) is 0 Å². The largest absolute Gasteiger partial charge is 0.370 e. The molecule has 1 aromatic carbocycles. The van der Waals surface area contributed by atoms with E-state index in [-0.39, 0.29) is 37.6 Å². The van der Waals surface area contributed by atoms with Crippen LogP contribution in [0.5, 0.6) is 0 Å². The van der Waals surface area contributed by atoms with E-state index in [1.165, 1.54) is 4.90 Å². The van der Waals surface area contributed by atoms with Crippen LogP contribution in [0.3, 0.4) is 0 Å². The Morgan fingerprint density at radius 1 is 1.21 bits per heavy atom. The minimum atomic E-state index is -0.729. The number of nitrogens with one attached hydrogen (secondary N) is 1. The average molecular weight is 386 g/mol. The van der Waals surface area contributed by atoms with Gasteiger partial charge >= 0.3 is 0 Å². The summed E-state index contributed by atoms with van der Waals surface area (Å²) in [5.41, 5.74) is 12.4. The lowest BCUT2D eigenvalue weighted by atomic mass is 9.88. The normalized spacial score (nSPS) is 19.9. The molecule has 2 aliphatic rings. The highest BCUT2D eigenvalue weighted by molar-refractivity contribution is 6.05. The van der Waals surface area contributed by atoms with Gasteiger partial charge in [-0.1, -0.05) is 12.1 Å². The highest BCUT2D eigenvalue weighted by Gasteiger charge is 2.40. The number of benzene rings is 1. The maximum absolute atomic E-state index is 12.9. The fourth-order valence-electron chi connectivity index (χ4n) is 3.87. The molecule has 28 heavy (non-hydrogen) atoms. The number of nitrogens with two attached hydrogens (primary N) is 2. The van der Waals surface area contributed by atoms with Gasteiger partial charge < -0.3 is 16.4 Å². The first-order valence-corrected chi connectivity index (χ1v) is 9.13. The van der Waals surface area contributed by atoms with Crippen LogP contribution >= 0.6 is 0 Å². The number of nitrogens with zero attached hydrogens (tertiary/aromatic N) is 1. The van der Waals surface area contributed by atoms with Crippen molar-refractivity contribution in [3.05, 3.63) is 34.9 Å². The van der Waals surface area contributed by atoms with Gasteiger partial charge in [0.05, 0.1) is 5.92 Å². The third-order valence-corrected chi connectivity index (χ3v) is 5.25. The Morgan fingerprint density at radius 2 is 1.96 bits per heavy atom. The van der Waals surface area contributed by atoms with Gasteiger partial charge in [-0.3, -0.25) is 29.3 Å². The SMILES string of the molecule is NC(=O)CCCC(C(N)=O)c1cccc2c1CN(C1CCC(=O)NC1=O)C2=O. The van der Waals surface area contributed by atoms with E-state index in [9.17, 15) is 24.0 Å². The molecule has 2 aliphatic heterocycles. The number of carbonyl (C=O) groups is 5. The smallest absolute Gasteiger partial charge is 0.255 e. The molecule has 2 heterocycles. The molecule has 9 nitrogen and oxygen atoms in total. The molecule has 5 amide bonds. The van der Waals surface area contributed by atoms with Crippen molar-refractivity contribution in [2.24, 2.45) is 11.5 Å².